The van der Waals surface area contributed by atoms with Crippen molar-refractivity contribution in [2.45, 2.75) is 41.2 Å². The number of hydrogen-bond acceptors (Lipinski definition) is 3. The Bertz CT molecular complexity index is 472. The summed E-state index contributed by atoms with van der Waals surface area (Å²) in [6.07, 6.45) is 5.47. The molecule has 1 aromatic heterocycles. The topological polar surface area (TPSA) is 28.2 Å². The second kappa shape index (κ2) is 7.91. The van der Waals surface area contributed by atoms with Crippen LogP contribution in [-0.2, 0) is 6.54 Å². The summed E-state index contributed by atoms with van der Waals surface area (Å²) in [5.74, 6) is 4.39. The van der Waals surface area contributed by atoms with E-state index in [0.29, 0.717) is 12.5 Å². The molecule has 0 fully saturated rings. The van der Waals surface area contributed by atoms with E-state index < -0.39 is 0 Å². The summed E-state index contributed by atoms with van der Waals surface area (Å²) in [5.41, 5.74) is 3.58. The molecule has 0 radical (unpaired) electrons. The van der Waals surface area contributed by atoms with Gasteiger partial charge in [0.1, 0.15) is 5.82 Å². The molecule has 0 amide bonds. The van der Waals surface area contributed by atoms with Crippen LogP contribution in [0, 0.1) is 32.1 Å². The molecule has 0 aromatic carbocycles. The van der Waals surface area contributed by atoms with Crippen LogP contribution in [-0.4, -0.2) is 24.6 Å². The zero-order valence-electron chi connectivity index (χ0n) is 13.5. The number of hydrogen-bond donors (Lipinski definition) is 1. The Kier molecular flexibility index (Phi) is 6.54. The third kappa shape index (κ3) is 4.54. The van der Waals surface area contributed by atoms with Crippen molar-refractivity contribution < 1.29 is 0 Å². The highest BCUT2D eigenvalue weighted by Gasteiger charge is 2.14. The van der Waals surface area contributed by atoms with Gasteiger partial charge in [0.15, 0.2) is 0 Å². The number of terminal acetylenes is 1. The van der Waals surface area contributed by atoms with E-state index in [1.807, 2.05) is 6.92 Å². The number of nitrogens with zero attached hydrogens (tertiary/aromatic N) is 2. The molecule has 1 heterocycles. The fraction of sp³-hybridized carbons (Fsp3) is 0.588. The third-order valence-electron chi connectivity index (χ3n) is 3.27. The predicted octanol–water partition coefficient (Wildman–Crippen LogP) is 2.90. The maximum absolute atomic E-state index is 5.47. The van der Waals surface area contributed by atoms with Gasteiger partial charge in [-0.3, -0.25) is 0 Å². The zero-order valence-corrected chi connectivity index (χ0v) is 13.5. The second-order valence-corrected chi connectivity index (χ2v) is 5.63. The van der Waals surface area contributed by atoms with Gasteiger partial charge in [0.2, 0.25) is 0 Å². The van der Waals surface area contributed by atoms with Crippen molar-refractivity contribution in [1.29, 1.82) is 0 Å². The summed E-state index contributed by atoms with van der Waals surface area (Å²) >= 11 is 0. The molecule has 0 unspecified atom stereocenters. The van der Waals surface area contributed by atoms with E-state index in [2.05, 4.69) is 49.9 Å². The van der Waals surface area contributed by atoms with Crippen molar-refractivity contribution in [2.75, 3.05) is 24.5 Å². The van der Waals surface area contributed by atoms with Crippen LogP contribution in [0.5, 0.6) is 0 Å². The maximum atomic E-state index is 5.47. The second-order valence-electron chi connectivity index (χ2n) is 5.63. The lowest BCUT2D eigenvalue weighted by molar-refractivity contribution is 0.550. The molecule has 0 aliphatic carbocycles. The lowest BCUT2D eigenvalue weighted by atomic mass is 10.1. The molecule has 0 bridgehead atoms. The Labute approximate surface area is 123 Å². The molecular formula is C17H27N3. The molecule has 3 heteroatoms. The first-order chi connectivity index (χ1) is 9.49. The smallest absolute Gasteiger partial charge is 0.134 e. The van der Waals surface area contributed by atoms with Crippen LogP contribution < -0.4 is 10.2 Å². The number of nitrogens with one attached hydrogen (secondary N) is 1. The lowest BCUT2D eigenvalue weighted by Crippen LogP contribution is -2.28. The van der Waals surface area contributed by atoms with Crippen LogP contribution in [0.1, 0.15) is 37.6 Å². The fourth-order valence-electron chi connectivity index (χ4n) is 2.26. The van der Waals surface area contributed by atoms with Crippen LogP contribution in [0.15, 0.2) is 6.07 Å². The zero-order chi connectivity index (χ0) is 15.1. The first kappa shape index (κ1) is 16.5. The first-order valence-electron chi connectivity index (χ1n) is 7.35. The molecule has 20 heavy (non-hydrogen) atoms. The Morgan fingerprint density at radius 3 is 2.65 bits per heavy atom. The quantitative estimate of drug-likeness (QED) is 0.774. The molecule has 0 spiro atoms. The van der Waals surface area contributed by atoms with Gasteiger partial charge in [-0.1, -0.05) is 19.8 Å². The summed E-state index contributed by atoms with van der Waals surface area (Å²) in [4.78, 5) is 6.87. The van der Waals surface area contributed by atoms with Crippen LogP contribution in [0.2, 0.25) is 0 Å². The lowest BCUT2D eigenvalue weighted by Gasteiger charge is -2.24. The first-order valence-corrected chi connectivity index (χ1v) is 7.35. The number of pyridine rings is 1. The van der Waals surface area contributed by atoms with Crippen molar-refractivity contribution in [2.24, 2.45) is 5.92 Å². The van der Waals surface area contributed by atoms with E-state index in [0.717, 1.165) is 31.1 Å². The summed E-state index contributed by atoms with van der Waals surface area (Å²) < 4.78 is 0. The largest absolute Gasteiger partial charge is 0.345 e. The van der Waals surface area contributed by atoms with Gasteiger partial charge in [-0.25, -0.2) is 4.98 Å². The van der Waals surface area contributed by atoms with E-state index in [9.17, 15) is 0 Å². The minimum atomic E-state index is 0.601. The Morgan fingerprint density at radius 1 is 1.40 bits per heavy atom. The average molecular weight is 273 g/mol. The maximum Gasteiger partial charge on any atom is 0.134 e. The van der Waals surface area contributed by atoms with Crippen LogP contribution in [0.4, 0.5) is 5.82 Å². The van der Waals surface area contributed by atoms with E-state index in [4.69, 9.17) is 11.4 Å². The van der Waals surface area contributed by atoms with Gasteiger partial charge in [0, 0.05) is 24.3 Å². The molecule has 110 valence electrons. The normalized spacial score (nSPS) is 10.7. The molecule has 0 atom stereocenters. The van der Waals surface area contributed by atoms with Gasteiger partial charge in [0.05, 0.1) is 6.54 Å². The molecule has 0 saturated heterocycles. The van der Waals surface area contributed by atoms with Gasteiger partial charge in [-0.15, -0.1) is 6.42 Å². The highest BCUT2D eigenvalue weighted by Crippen LogP contribution is 2.22. The molecule has 0 aliphatic heterocycles. The van der Waals surface area contributed by atoms with Crippen molar-refractivity contribution in [3.63, 3.8) is 0 Å². The summed E-state index contributed by atoms with van der Waals surface area (Å²) in [6, 6.07) is 2.14. The molecular weight excluding hydrogens is 246 g/mol. The highest BCUT2D eigenvalue weighted by molar-refractivity contribution is 5.52. The van der Waals surface area contributed by atoms with E-state index in [-0.39, 0.29) is 0 Å². The van der Waals surface area contributed by atoms with Gasteiger partial charge >= 0.3 is 0 Å². The van der Waals surface area contributed by atoms with Gasteiger partial charge in [-0.05, 0) is 44.9 Å². The highest BCUT2D eigenvalue weighted by atomic mass is 15.2. The van der Waals surface area contributed by atoms with E-state index in [1.165, 1.54) is 11.1 Å². The number of aromatic nitrogens is 1. The Hall–Kier alpha value is -1.53. The van der Waals surface area contributed by atoms with Crippen LogP contribution >= 0.6 is 0 Å². The number of anilines is 1. The molecule has 1 aromatic rings. The predicted molar refractivity (Wildman–Crippen MR) is 87.0 cm³/mol. The van der Waals surface area contributed by atoms with Crippen LogP contribution in [0.3, 0.4) is 0 Å². The molecule has 0 saturated carbocycles. The molecule has 1 rings (SSSR count). The number of aryl methyl sites for hydroxylation is 2. The Morgan fingerprint density at radius 2 is 2.10 bits per heavy atom. The van der Waals surface area contributed by atoms with Crippen molar-refractivity contribution in [1.82, 2.24) is 10.3 Å². The molecule has 0 aliphatic rings. The minimum absolute atomic E-state index is 0.601. The minimum Gasteiger partial charge on any atom is -0.345 e. The summed E-state index contributed by atoms with van der Waals surface area (Å²) in [7, 11) is 0. The van der Waals surface area contributed by atoms with Crippen molar-refractivity contribution in [3.8, 4) is 12.3 Å². The standard InChI is InChI=1S/C17H27N3/c1-7-9-20(8-2)17-16(12-18-11-13(3)4)14(5)10-15(6)19-17/h1,10,13,18H,8-9,11-12H2,2-6H3. The third-order valence-corrected chi connectivity index (χ3v) is 3.27. The van der Waals surface area contributed by atoms with Gasteiger partial charge in [-0.2, -0.15) is 0 Å². The average Bonchev–Trinajstić information content (AvgIpc) is 2.37. The molecule has 3 nitrogen and oxygen atoms in total. The number of rotatable bonds is 7. The SMILES string of the molecule is C#CCN(CC)c1nc(C)cc(C)c1CNCC(C)C. The monoisotopic (exact) mass is 273 g/mol. The van der Waals surface area contributed by atoms with Crippen molar-refractivity contribution in [3.05, 3.63) is 22.9 Å². The van der Waals surface area contributed by atoms with E-state index >= 15 is 0 Å². The van der Waals surface area contributed by atoms with Gasteiger partial charge in [0.25, 0.3) is 0 Å². The van der Waals surface area contributed by atoms with Crippen molar-refractivity contribution >= 4 is 5.82 Å². The van der Waals surface area contributed by atoms with Crippen LogP contribution in [0.25, 0.3) is 0 Å². The summed E-state index contributed by atoms with van der Waals surface area (Å²) in [6.45, 7) is 14.0. The van der Waals surface area contributed by atoms with Gasteiger partial charge < -0.3 is 10.2 Å². The van der Waals surface area contributed by atoms with E-state index in [1.54, 1.807) is 0 Å². The molecule has 1 N–H and O–H groups in total. The Balaban J connectivity index is 3.04. The summed E-state index contributed by atoms with van der Waals surface area (Å²) in [5, 5.41) is 3.50. The fourth-order valence-corrected chi connectivity index (χ4v) is 2.26.